The van der Waals surface area contributed by atoms with Gasteiger partial charge in [0.15, 0.2) is 5.76 Å². The summed E-state index contributed by atoms with van der Waals surface area (Å²) in [6.45, 7) is 19.0. The molecule has 6 heteroatoms. The van der Waals surface area contributed by atoms with Gasteiger partial charge in [-0.3, -0.25) is 5.01 Å². The number of furan rings is 1. The van der Waals surface area contributed by atoms with Crippen LogP contribution < -0.4 is 0 Å². The van der Waals surface area contributed by atoms with Crippen LogP contribution in [0.4, 0.5) is 4.79 Å². The van der Waals surface area contributed by atoms with Gasteiger partial charge in [-0.1, -0.05) is 18.2 Å². The van der Waals surface area contributed by atoms with Crippen LogP contribution >= 0.6 is 0 Å². The van der Waals surface area contributed by atoms with Gasteiger partial charge in [-0.05, 0) is 59.6 Å². The van der Waals surface area contributed by atoms with Gasteiger partial charge in [0.2, 0.25) is 0 Å². The van der Waals surface area contributed by atoms with Crippen LogP contribution in [0.25, 0.3) is 16.7 Å². The summed E-state index contributed by atoms with van der Waals surface area (Å²) in [5, 5.41) is 7.16. The van der Waals surface area contributed by atoms with Crippen molar-refractivity contribution in [3.8, 4) is 0 Å². The number of benzene rings is 1. The molecule has 1 fully saturated rings. The topological polar surface area (TPSA) is 58.3 Å². The summed E-state index contributed by atoms with van der Waals surface area (Å²) in [5.74, 6) is 0.729. The van der Waals surface area contributed by atoms with E-state index in [4.69, 9.17) is 9.15 Å². The second-order valence-corrected chi connectivity index (χ2v) is 8.69. The van der Waals surface area contributed by atoms with Gasteiger partial charge >= 0.3 is 6.09 Å². The number of hydrogen-bond donors (Lipinski definition) is 0. The first-order valence-electron chi connectivity index (χ1n) is 10.0. The third kappa shape index (κ3) is 4.47. The Kier molecular flexibility index (Phi) is 5.73. The Bertz CT molecular complexity index is 931. The molecule has 1 aliphatic heterocycles. The molecular formula is C23H31N3O3. The molecule has 0 N–H and O–H groups in total. The van der Waals surface area contributed by atoms with Crippen LogP contribution in [-0.4, -0.2) is 47.5 Å². The first kappa shape index (κ1) is 21.0. The summed E-state index contributed by atoms with van der Waals surface area (Å²) in [4.78, 5) is 14.1. The maximum absolute atomic E-state index is 12.3. The third-order valence-corrected chi connectivity index (χ3v) is 5.24. The number of fused-ring (bicyclic) bond motifs is 1. The van der Waals surface area contributed by atoms with Crippen LogP contribution in [0.15, 0.2) is 34.3 Å². The van der Waals surface area contributed by atoms with Gasteiger partial charge in [-0.2, -0.15) is 5.10 Å². The highest BCUT2D eigenvalue weighted by atomic mass is 16.6. The fraction of sp³-hybridized carbons (Fsp3) is 0.478. The largest absolute Gasteiger partial charge is 0.454 e. The Morgan fingerprint density at radius 3 is 2.52 bits per heavy atom. The molecule has 3 rings (SSSR count). The van der Waals surface area contributed by atoms with E-state index in [-0.39, 0.29) is 12.1 Å². The van der Waals surface area contributed by atoms with Crippen molar-refractivity contribution in [3.63, 3.8) is 0 Å². The number of hydrazone groups is 1. The minimum atomic E-state index is -0.492. The molecule has 1 saturated heterocycles. The smallest absolute Gasteiger partial charge is 0.410 e. The maximum atomic E-state index is 12.3. The van der Waals surface area contributed by atoms with Gasteiger partial charge in [-0.15, -0.1) is 0 Å². The van der Waals surface area contributed by atoms with Crippen molar-refractivity contribution in [2.24, 2.45) is 5.10 Å². The van der Waals surface area contributed by atoms with Crippen molar-refractivity contribution in [2.75, 3.05) is 13.1 Å². The predicted octanol–water partition coefficient (Wildman–Crippen LogP) is 5.34. The lowest BCUT2D eigenvalue weighted by Crippen LogP contribution is -2.46. The normalized spacial score (nSPS) is 15.4. The molecule has 0 atom stereocenters. The van der Waals surface area contributed by atoms with Gasteiger partial charge < -0.3 is 14.1 Å². The first-order valence-corrected chi connectivity index (χ1v) is 10.0. The van der Waals surface area contributed by atoms with Crippen LogP contribution in [0, 0.1) is 13.8 Å². The molecule has 1 aromatic heterocycles. The Balaban J connectivity index is 1.72. The molecule has 0 aliphatic carbocycles. The summed E-state index contributed by atoms with van der Waals surface area (Å²) in [7, 11) is 0. The summed E-state index contributed by atoms with van der Waals surface area (Å²) in [6, 6.07) is 6.25. The zero-order chi connectivity index (χ0) is 21.3. The number of carbonyl (C=O) groups excluding carboxylic acids is 1. The molecule has 0 spiro atoms. The van der Waals surface area contributed by atoms with Gasteiger partial charge in [0.05, 0.1) is 11.7 Å². The molecule has 0 bridgehead atoms. The number of piperidine rings is 1. The summed E-state index contributed by atoms with van der Waals surface area (Å²) < 4.78 is 11.6. The summed E-state index contributed by atoms with van der Waals surface area (Å²) in [5.41, 5.74) is 3.28. The SMILES string of the molecule is C=NN(C(=C)c1oc2ccc(C)cc2c1C)C1CCN(C(=O)OC(C)(C)C)CC1. The van der Waals surface area contributed by atoms with Gasteiger partial charge in [0.25, 0.3) is 0 Å². The first-order chi connectivity index (χ1) is 13.6. The number of hydrogen-bond acceptors (Lipinski definition) is 5. The molecule has 0 unspecified atom stereocenters. The Labute approximate surface area is 172 Å². The second kappa shape index (κ2) is 7.93. The van der Waals surface area contributed by atoms with E-state index in [1.165, 1.54) is 5.56 Å². The molecule has 1 aromatic carbocycles. The molecule has 1 aliphatic rings. The van der Waals surface area contributed by atoms with Crippen molar-refractivity contribution >= 4 is 29.5 Å². The van der Waals surface area contributed by atoms with Crippen LogP contribution in [0.2, 0.25) is 0 Å². The van der Waals surface area contributed by atoms with Crippen molar-refractivity contribution in [1.29, 1.82) is 0 Å². The van der Waals surface area contributed by atoms with Crippen molar-refractivity contribution in [3.05, 3.63) is 41.7 Å². The maximum Gasteiger partial charge on any atom is 0.410 e. The fourth-order valence-corrected chi connectivity index (χ4v) is 3.75. The molecule has 29 heavy (non-hydrogen) atoms. The van der Waals surface area contributed by atoms with E-state index < -0.39 is 5.60 Å². The average Bonchev–Trinajstić information content (AvgIpc) is 2.97. The lowest BCUT2D eigenvalue weighted by atomic mass is 10.0. The predicted molar refractivity (Wildman–Crippen MR) is 117 cm³/mol. The van der Waals surface area contributed by atoms with Gasteiger partial charge in [-0.25, -0.2) is 4.79 Å². The van der Waals surface area contributed by atoms with E-state index in [0.717, 1.165) is 35.1 Å². The third-order valence-electron chi connectivity index (χ3n) is 5.24. The average molecular weight is 398 g/mol. The van der Waals surface area contributed by atoms with Crippen molar-refractivity contribution in [1.82, 2.24) is 9.91 Å². The van der Waals surface area contributed by atoms with E-state index in [1.54, 1.807) is 4.90 Å². The molecule has 2 heterocycles. The lowest BCUT2D eigenvalue weighted by Gasteiger charge is -2.37. The minimum Gasteiger partial charge on any atom is -0.454 e. The number of likely N-dealkylation sites (tertiary alicyclic amines) is 1. The molecule has 1 amide bonds. The number of rotatable bonds is 4. The number of amides is 1. The molecule has 0 radical (unpaired) electrons. The Morgan fingerprint density at radius 1 is 1.28 bits per heavy atom. The van der Waals surface area contributed by atoms with Crippen LogP contribution in [-0.2, 0) is 4.74 Å². The monoisotopic (exact) mass is 397 g/mol. The highest BCUT2D eigenvalue weighted by Gasteiger charge is 2.31. The number of ether oxygens (including phenoxy) is 1. The Hall–Kier alpha value is -2.76. The molecule has 2 aromatic rings. The van der Waals surface area contributed by atoms with E-state index in [1.807, 2.05) is 44.8 Å². The van der Waals surface area contributed by atoms with Crippen molar-refractivity contribution in [2.45, 2.75) is 59.1 Å². The van der Waals surface area contributed by atoms with Crippen molar-refractivity contribution < 1.29 is 13.9 Å². The fourth-order valence-electron chi connectivity index (χ4n) is 3.75. The number of carbonyl (C=O) groups is 1. The van der Waals surface area contributed by atoms with Gasteiger partial charge in [0.1, 0.15) is 11.2 Å². The zero-order valence-electron chi connectivity index (χ0n) is 18.1. The van der Waals surface area contributed by atoms with Crippen LogP contribution in [0.3, 0.4) is 0 Å². The molecule has 156 valence electrons. The van der Waals surface area contributed by atoms with E-state index >= 15 is 0 Å². The molecule has 6 nitrogen and oxygen atoms in total. The van der Waals surface area contributed by atoms with E-state index in [9.17, 15) is 4.79 Å². The van der Waals surface area contributed by atoms with Crippen LogP contribution in [0.5, 0.6) is 0 Å². The standard InChI is InChI=1S/C23H31N3O3/c1-15-8-9-20-19(14-15)16(2)21(28-20)17(3)26(24-7)18-10-12-25(13-11-18)22(27)29-23(4,5)6/h8-9,14,18H,3,7,10-13H2,1-2,4-6H3. The second-order valence-electron chi connectivity index (χ2n) is 8.69. The summed E-state index contributed by atoms with van der Waals surface area (Å²) in [6.07, 6.45) is 1.25. The quantitative estimate of drug-likeness (QED) is 0.516. The zero-order valence-corrected chi connectivity index (χ0v) is 18.1. The molecular weight excluding hydrogens is 366 g/mol. The van der Waals surface area contributed by atoms with Crippen LogP contribution in [0.1, 0.15) is 50.5 Å². The highest BCUT2D eigenvalue weighted by Crippen LogP contribution is 2.34. The minimum absolute atomic E-state index is 0.105. The van der Waals surface area contributed by atoms with Gasteiger partial charge in [0, 0.05) is 30.8 Å². The lowest BCUT2D eigenvalue weighted by molar-refractivity contribution is 0.0170. The number of aryl methyl sites for hydroxylation is 2. The number of nitrogens with zero attached hydrogens (tertiary/aromatic N) is 3. The summed E-state index contributed by atoms with van der Waals surface area (Å²) >= 11 is 0. The Morgan fingerprint density at radius 2 is 1.93 bits per heavy atom. The van der Waals surface area contributed by atoms with E-state index in [0.29, 0.717) is 18.8 Å². The van der Waals surface area contributed by atoms with E-state index in [2.05, 4.69) is 31.4 Å². The molecule has 0 saturated carbocycles. The highest BCUT2D eigenvalue weighted by molar-refractivity contribution is 5.86.